The Kier molecular flexibility index (Phi) is 3.61. The van der Waals surface area contributed by atoms with E-state index >= 15 is 0 Å². The van der Waals surface area contributed by atoms with Gasteiger partial charge in [0.15, 0.2) is 0 Å². The lowest BCUT2D eigenvalue weighted by atomic mass is 10.2. The predicted octanol–water partition coefficient (Wildman–Crippen LogP) is 0.912. The van der Waals surface area contributed by atoms with Crippen LogP contribution in [0.4, 0.5) is 0 Å². The zero-order valence-electron chi connectivity index (χ0n) is 10.5. The number of aryl methyl sites for hydroxylation is 2. The van der Waals surface area contributed by atoms with Crippen molar-refractivity contribution in [2.45, 2.75) is 32.4 Å². The number of nitrogens with one attached hydrogen (secondary N) is 1. The molecular weight excluding hydrogens is 200 g/mol. The van der Waals surface area contributed by atoms with Crippen LogP contribution in [0.1, 0.15) is 24.2 Å². The van der Waals surface area contributed by atoms with Gasteiger partial charge in [0.25, 0.3) is 0 Å². The summed E-state index contributed by atoms with van der Waals surface area (Å²) in [6.07, 6.45) is 2.64. The summed E-state index contributed by atoms with van der Waals surface area (Å²) in [7, 11) is 4.20. The van der Waals surface area contributed by atoms with Gasteiger partial charge in [-0.05, 0) is 39.4 Å². The molecule has 1 unspecified atom stereocenters. The lowest BCUT2D eigenvalue weighted by Gasteiger charge is -2.20. The molecule has 4 nitrogen and oxygen atoms in total. The van der Waals surface area contributed by atoms with E-state index < -0.39 is 0 Å². The molecule has 0 amide bonds. The molecule has 0 saturated carbocycles. The largest absolute Gasteiger partial charge is 0.313 e. The topological polar surface area (TPSA) is 33.1 Å². The van der Waals surface area contributed by atoms with E-state index in [1.165, 1.54) is 25.1 Å². The van der Waals surface area contributed by atoms with E-state index in [-0.39, 0.29) is 0 Å². The van der Waals surface area contributed by atoms with Crippen LogP contribution in [0, 0.1) is 6.92 Å². The second kappa shape index (κ2) is 4.97. The number of hydrogen-bond acceptors (Lipinski definition) is 3. The summed E-state index contributed by atoms with van der Waals surface area (Å²) < 4.78 is 1.98. The first-order valence-electron chi connectivity index (χ1n) is 6.06. The van der Waals surface area contributed by atoms with Crippen molar-refractivity contribution in [3.8, 4) is 0 Å². The fourth-order valence-electron chi connectivity index (χ4n) is 2.44. The third kappa shape index (κ3) is 2.83. The molecule has 1 aliphatic rings. The molecule has 0 spiro atoms. The van der Waals surface area contributed by atoms with E-state index in [4.69, 9.17) is 0 Å². The van der Waals surface area contributed by atoms with Gasteiger partial charge in [-0.15, -0.1) is 0 Å². The van der Waals surface area contributed by atoms with Gasteiger partial charge in [0.1, 0.15) is 0 Å². The van der Waals surface area contributed by atoms with Gasteiger partial charge in [0, 0.05) is 26.2 Å². The number of hydrogen-bond donors (Lipinski definition) is 1. The van der Waals surface area contributed by atoms with Crippen molar-refractivity contribution in [3.05, 3.63) is 17.5 Å². The zero-order valence-corrected chi connectivity index (χ0v) is 10.5. The van der Waals surface area contributed by atoms with Crippen molar-refractivity contribution >= 4 is 0 Å². The second-order valence-corrected chi connectivity index (χ2v) is 4.89. The summed E-state index contributed by atoms with van der Waals surface area (Å²) in [5.41, 5.74) is 2.39. The summed E-state index contributed by atoms with van der Waals surface area (Å²) in [5, 5.41) is 7.90. The van der Waals surface area contributed by atoms with Crippen molar-refractivity contribution < 1.29 is 0 Å². The Balaban J connectivity index is 1.86. The Hall–Kier alpha value is -0.870. The second-order valence-electron chi connectivity index (χ2n) is 4.89. The first-order chi connectivity index (χ1) is 7.65. The molecule has 1 atom stereocenters. The number of aromatic nitrogens is 2. The van der Waals surface area contributed by atoms with Gasteiger partial charge < -0.3 is 5.32 Å². The number of likely N-dealkylation sites (N-methyl/N-ethyl adjacent to an activating group) is 1. The average Bonchev–Trinajstić information content (AvgIpc) is 2.78. The van der Waals surface area contributed by atoms with Crippen LogP contribution in [0.5, 0.6) is 0 Å². The monoisotopic (exact) mass is 222 g/mol. The first kappa shape index (κ1) is 11.6. The summed E-state index contributed by atoms with van der Waals surface area (Å²) in [4.78, 5) is 2.37. The van der Waals surface area contributed by atoms with E-state index in [0.29, 0.717) is 6.04 Å². The molecule has 1 fully saturated rings. The van der Waals surface area contributed by atoms with E-state index in [9.17, 15) is 0 Å². The Morgan fingerprint density at radius 3 is 3.00 bits per heavy atom. The molecule has 1 N–H and O–H groups in total. The summed E-state index contributed by atoms with van der Waals surface area (Å²) in [6.45, 7) is 5.34. The highest BCUT2D eigenvalue weighted by atomic mass is 15.3. The van der Waals surface area contributed by atoms with Gasteiger partial charge in [0.2, 0.25) is 0 Å². The van der Waals surface area contributed by atoms with Crippen molar-refractivity contribution in [1.29, 1.82) is 0 Å². The van der Waals surface area contributed by atoms with Crippen molar-refractivity contribution in [1.82, 2.24) is 20.0 Å². The normalized spacial score (nSPS) is 20.9. The molecule has 0 bridgehead atoms. The molecule has 2 heterocycles. The van der Waals surface area contributed by atoms with Crippen molar-refractivity contribution in [3.63, 3.8) is 0 Å². The molecule has 0 aliphatic carbocycles. The molecular formula is C12H22N4. The maximum Gasteiger partial charge on any atom is 0.0597 e. The average molecular weight is 222 g/mol. The minimum absolute atomic E-state index is 0.680. The lowest BCUT2D eigenvalue weighted by Crippen LogP contribution is -2.35. The Morgan fingerprint density at radius 1 is 1.62 bits per heavy atom. The number of nitrogens with zero attached hydrogens (tertiary/aromatic N) is 3. The Morgan fingerprint density at radius 2 is 2.44 bits per heavy atom. The highest BCUT2D eigenvalue weighted by Crippen LogP contribution is 2.09. The lowest BCUT2D eigenvalue weighted by molar-refractivity contribution is 0.286. The quantitative estimate of drug-likeness (QED) is 0.822. The molecule has 90 valence electrons. The standard InChI is InChI=1S/C12H22N4/c1-10-7-12(16(3)14-10)9-15(2)8-11-5-4-6-13-11/h7,11,13H,4-6,8-9H2,1-3H3. The minimum Gasteiger partial charge on any atom is -0.313 e. The summed E-state index contributed by atoms with van der Waals surface area (Å²) in [6, 6.07) is 2.85. The van der Waals surface area contributed by atoms with E-state index in [2.05, 4.69) is 28.4 Å². The van der Waals surface area contributed by atoms with Crippen molar-refractivity contribution in [2.24, 2.45) is 7.05 Å². The van der Waals surface area contributed by atoms with Crippen LogP contribution in [-0.4, -0.2) is 40.9 Å². The summed E-state index contributed by atoms with van der Waals surface area (Å²) >= 11 is 0. The molecule has 1 saturated heterocycles. The van der Waals surface area contributed by atoms with Crippen LogP contribution >= 0.6 is 0 Å². The zero-order chi connectivity index (χ0) is 11.5. The first-order valence-corrected chi connectivity index (χ1v) is 6.06. The van der Waals surface area contributed by atoms with E-state index in [1.54, 1.807) is 0 Å². The van der Waals surface area contributed by atoms with Gasteiger partial charge in [-0.3, -0.25) is 9.58 Å². The molecule has 1 aromatic heterocycles. The minimum atomic E-state index is 0.680. The van der Waals surface area contributed by atoms with Gasteiger partial charge in [-0.2, -0.15) is 5.10 Å². The van der Waals surface area contributed by atoms with Crippen LogP contribution in [0.15, 0.2) is 6.07 Å². The van der Waals surface area contributed by atoms with Crippen LogP contribution in [-0.2, 0) is 13.6 Å². The molecule has 2 rings (SSSR count). The number of rotatable bonds is 4. The predicted molar refractivity (Wildman–Crippen MR) is 65.3 cm³/mol. The van der Waals surface area contributed by atoms with Crippen LogP contribution in [0.2, 0.25) is 0 Å². The van der Waals surface area contributed by atoms with Crippen LogP contribution in [0.25, 0.3) is 0 Å². The SMILES string of the molecule is Cc1cc(CN(C)CC2CCCN2)n(C)n1. The maximum atomic E-state index is 4.37. The third-order valence-electron chi connectivity index (χ3n) is 3.23. The molecule has 1 aromatic rings. The molecule has 16 heavy (non-hydrogen) atoms. The summed E-state index contributed by atoms with van der Waals surface area (Å²) in [5.74, 6) is 0. The van der Waals surface area contributed by atoms with Crippen LogP contribution < -0.4 is 5.32 Å². The smallest absolute Gasteiger partial charge is 0.0597 e. The van der Waals surface area contributed by atoms with Gasteiger partial charge >= 0.3 is 0 Å². The van der Waals surface area contributed by atoms with Crippen molar-refractivity contribution in [2.75, 3.05) is 20.1 Å². The van der Waals surface area contributed by atoms with Gasteiger partial charge in [-0.1, -0.05) is 0 Å². The van der Waals surface area contributed by atoms with Gasteiger partial charge in [0.05, 0.1) is 11.4 Å². The molecule has 0 radical (unpaired) electrons. The third-order valence-corrected chi connectivity index (χ3v) is 3.23. The fraction of sp³-hybridized carbons (Fsp3) is 0.750. The molecule has 0 aromatic carbocycles. The maximum absolute atomic E-state index is 4.37. The highest BCUT2D eigenvalue weighted by Gasteiger charge is 2.16. The van der Waals surface area contributed by atoms with E-state index in [0.717, 1.165) is 18.8 Å². The van der Waals surface area contributed by atoms with Gasteiger partial charge in [-0.25, -0.2) is 0 Å². The van der Waals surface area contributed by atoms with E-state index in [1.807, 2.05) is 18.7 Å². The highest BCUT2D eigenvalue weighted by molar-refractivity contribution is 5.08. The molecule has 4 heteroatoms. The Bertz CT molecular complexity index is 339. The van der Waals surface area contributed by atoms with Crippen LogP contribution in [0.3, 0.4) is 0 Å². The fourth-order valence-corrected chi connectivity index (χ4v) is 2.44. The molecule has 1 aliphatic heterocycles. The Labute approximate surface area is 97.6 Å².